The Morgan fingerprint density at radius 1 is 0.256 bits per heavy atom. The molecule has 6 heteroatoms. The molecular formula is C72H40N2O2S2. The lowest BCUT2D eigenvalue weighted by molar-refractivity contribution is 0.666. The predicted molar refractivity (Wildman–Crippen MR) is 332 cm³/mol. The molecule has 0 N–H and O–H groups in total. The summed E-state index contributed by atoms with van der Waals surface area (Å²) in [5.41, 5.74) is 17.2. The Hall–Kier alpha value is -9.72. The van der Waals surface area contributed by atoms with Crippen molar-refractivity contribution in [3.8, 4) is 44.8 Å². The summed E-state index contributed by atoms with van der Waals surface area (Å²) in [5.74, 6) is 0. The van der Waals surface area contributed by atoms with Crippen molar-refractivity contribution in [1.29, 1.82) is 0 Å². The number of thiophene rings is 2. The molecule has 4 nitrogen and oxygen atoms in total. The van der Waals surface area contributed by atoms with Gasteiger partial charge in [-0.05, 0) is 118 Å². The summed E-state index contributed by atoms with van der Waals surface area (Å²) in [7, 11) is 0. The lowest BCUT2D eigenvalue weighted by Gasteiger charge is -2.10. The van der Waals surface area contributed by atoms with E-state index in [0.29, 0.717) is 0 Å². The highest BCUT2D eigenvalue weighted by Crippen LogP contribution is 2.47. The monoisotopic (exact) mass is 1030 g/mol. The second-order valence-electron chi connectivity index (χ2n) is 20.7. The average Bonchev–Trinajstić information content (AvgIpc) is 4.53. The van der Waals surface area contributed by atoms with E-state index in [4.69, 9.17) is 8.83 Å². The van der Waals surface area contributed by atoms with Crippen molar-refractivity contribution in [1.82, 2.24) is 9.13 Å². The summed E-state index contributed by atoms with van der Waals surface area (Å²) in [6.45, 7) is 0. The molecule has 0 saturated heterocycles. The van der Waals surface area contributed by atoms with Gasteiger partial charge >= 0.3 is 0 Å². The highest BCUT2D eigenvalue weighted by atomic mass is 32.1. The van der Waals surface area contributed by atoms with Crippen molar-refractivity contribution in [3.63, 3.8) is 0 Å². The van der Waals surface area contributed by atoms with Crippen LogP contribution in [0.1, 0.15) is 0 Å². The highest BCUT2D eigenvalue weighted by Gasteiger charge is 2.23. The van der Waals surface area contributed by atoms with Gasteiger partial charge in [-0.25, -0.2) is 0 Å². The van der Waals surface area contributed by atoms with Gasteiger partial charge in [0.25, 0.3) is 0 Å². The molecule has 0 spiro atoms. The summed E-state index contributed by atoms with van der Waals surface area (Å²) in [5, 5.41) is 14.4. The summed E-state index contributed by atoms with van der Waals surface area (Å²) in [4.78, 5) is 0. The van der Waals surface area contributed by atoms with Crippen molar-refractivity contribution < 1.29 is 8.83 Å². The standard InChI is InChI=1S/C72H40N2O2S2/c1-5-25-65-47(13-1)51-19-11-23-63(69(51)75-65)73-59-33-29-41(37-55(59)57-39-43(31-35-61(57)73)45-17-9-21-53-49-15-3-7-27-67(49)77-71(45)53)42-30-34-60-56(38-42)58-40-44(46-18-10-22-54-50-16-4-8-28-68(50)78-72(46)54)32-36-62(58)74(60)64-24-12-20-52-48-14-2-6-26-66(48)76-70(52)64/h1-40H. The minimum absolute atomic E-state index is 0.879. The van der Waals surface area contributed by atoms with Gasteiger partial charge in [-0.1, -0.05) is 158 Å². The van der Waals surface area contributed by atoms with E-state index in [1.54, 1.807) is 0 Å². The zero-order valence-corrected chi connectivity index (χ0v) is 43.3. The largest absolute Gasteiger partial charge is 0.454 e. The first kappa shape index (κ1) is 42.5. The fraction of sp³-hybridized carbons (Fsp3) is 0. The number of rotatable bonds is 5. The summed E-state index contributed by atoms with van der Waals surface area (Å²) < 4.78 is 23.6. The molecule has 0 aliphatic rings. The van der Waals surface area contributed by atoms with Crippen LogP contribution in [-0.2, 0) is 0 Å². The lowest BCUT2D eigenvalue weighted by Crippen LogP contribution is -1.94. The Morgan fingerprint density at radius 2 is 0.603 bits per heavy atom. The van der Waals surface area contributed by atoms with Crippen LogP contribution >= 0.6 is 22.7 Å². The van der Waals surface area contributed by atoms with Gasteiger partial charge in [0.2, 0.25) is 0 Å². The second kappa shape index (κ2) is 15.9. The topological polar surface area (TPSA) is 36.1 Å². The number of fused-ring (bicyclic) bond motifs is 18. The normalized spacial score (nSPS) is 12.4. The van der Waals surface area contributed by atoms with E-state index in [1.807, 2.05) is 34.8 Å². The van der Waals surface area contributed by atoms with Gasteiger partial charge in [0.15, 0.2) is 11.2 Å². The van der Waals surface area contributed by atoms with E-state index in [2.05, 4.69) is 240 Å². The molecule has 0 fully saturated rings. The van der Waals surface area contributed by atoms with Crippen LogP contribution in [0.4, 0.5) is 0 Å². The molecule has 0 amide bonds. The van der Waals surface area contributed by atoms with Crippen LogP contribution in [0, 0.1) is 0 Å². The Balaban J connectivity index is 0.881. The van der Waals surface area contributed by atoms with E-state index < -0.39 is 0 Å². The Labute approximate surface area is 453 Å². The van der Waals surface area contributed by atoms with Gasteiger partial charge in [-0.2, -0.15) is 0 Å². The van der Waals surface area contributed by atoms with Crippen molar-refractivity contribution in [2.45, 2.75) is 0 Å². The molecule has 6 heterocycles. The summed E-state index contributed by atoms with van der Waals surface area (Å²) in [6.07, 6.45) is 0. The van der Waals surface area contributed by atoms with Gasteiger partial charge in [-0.15, -0.1) is 22.7 Å². The van der Waals surface area contributed by atoms with Gasteiger partial charge in [0, 0.05) is 83.4 Å². The molecule has 0 bridgehead atoms. The molecule has 12 aromatic carbocycles. The Kier molecular flexibility index (Phi) is 8.67. The van der Waals surface area contributed by atoms with Crippen LogP contribution in [0.15, 0.2) is 251 Å². The van der Waals surface area contributed by atoms with Gasteiger partial charge in [0.1, 0.15) is 11.2 Å². The first-order valence-corrected chi connectivity index (χ1v) is 28.1. The zero-order valence-electron chi connectivity index (χ0n) is 41.6. The smallest absolute Gasteiger partial charge is 0.159 e. The summed E-state index contributed by atoms with van der Waals surface area (Å²) in [6, 6.07) is 89.1. The molecule has 18 rings (SSSR count). The third kappa shape index (κ3) is 5.93. The van der Waals surface area contributed by atoms with Gasteiger partial charge in [0.05, 0.1) is 33.4 Å². The molecule has 6 aromatic heterocycles. The van der Waals surface area contributed by atoms with Crippen LogP contribution in [0.2, 0.25) is 0 Å². The Morgan fingerprint density at radius 3 is 1.05 bits per heavy atom. The fourth-order valence-corrected chi connectivity index (χ4v) is 15.5. The van der Waals surface area contributed by atoms with Crippen LogP contribution in [0.5, 0.6) is 0 Å². The SMILES string of the molecule is c1ccc2c(c1)oc1c(-n3c4ccc(-c5ccc6c(c5)c5cc(-c7cccc8c7sc7ccccc78)ccc5n6-c5cccc6c5oc5ccccc56)cc4c4cc(-c5cccc6c5sc5ccccc56)ccc43)cccc12. The van der Waals surface area contributed by atoms with Crippen molar-refractivity contribution in [2.24, 2.45) is 0 Å². The van der Waals surface area contributed by atoms with E-state index >= 15 is 0 Å². The molecule has 78 heavy (non-hydrogen) atoms. The van der Waals surface area contributed by atoms with E-state index in [9.17, 15) is 0 Å². The number of para-hydroxylation sites is 4. The van der Waals surface area contributed by atoms with E-state index in [0.717, 1.165) is 88.4 Å². The van der Waals surface area contributed by atoms with Crippen molar-refractivity contribution >= 4 is 151 Å². The quantitative estimate of drug-likeness (QED) is 0.172. The number of furan rings is 2. The van der Waals surface area contributed by atoms with Crippen molar-refractivity contribution in [2.75, 3.05) is 0 Å². The molecule has 0 aliphatic heterocycles. The maximum atomic E-state index is 6.76. The molecule has 0 radical (unpaired) electrons. The third-order valence-electron chi connectivity index (χ3n) is 16.5. The van der Waals surface area contributed by atoms with Crippen LogP contribution < -0.4 is 0 Å². The first-order chi connectivity index (χ1) is 38.7. The number of aromatic nitrogens is 2. The van der Waals surface area contributed by atoms with Gasteiger partial charge < -0.3 is 18.0 Å². The molecular weight excluding hydrogens is 989 g/mol. The highest BCUT2D eigenvalue weighted by molar-refractivity contribution is 7.26. The minimum atomic E-state index is 0.879. The Bertz CT molecular complexity index is 5250. The predicted octanol–water partition coefficient (Wildman–Crippen LogP) is 21.4. The summed E-state index contributed by atoms with van der Waals surface area (Å²) >= 11 is 3.75. The van der Waals surface area contributed by atoms with E-state index in [-0.39, 0.29) is 0 Å². The maximum Gasteiger partial charge on any atom is 0.159 e. The van der Waals surface area contributed by atoms with Gasteiger partial charge in [-0.3, -0.25) is 0 Å². The van der Waals surface area contributed by atoms with Crippen LogP contribution in [0.25, 0.3) is 173 Å². The second-order valence-corrected chi connectivity index (χ2v) is 22.8. The van der Waals surface area contributed by atoms with Crippen LogP contribution in [0.3, 0.4) is 0 Å². The maximum absolute atomic E-state index is 6.76. The number of benzene rings is 12. The first-order valence-electron chi connectivity index (χ1n) is 26.5. The third-order valence-corrected chi connectivity index (χ3v) is 19.0. The molecule has 0 aliphatic carbocycles. The number of nitrogens with zero attached hydrogens (tertiary/aromatic N) is 2. The molecule has 0 saturated carbocycles. The molecule has 0 atom stereocenters. The number of hydrogen-bond donors (Lipinski definition) is 0. The minimum Gasteiger partial charge on any atom is -0.454 e. The molecule has 18 aromatic rings. The lowest BCUT2D eigenvalue weighted by atomic mass is 9.98. The van der Waals surface area contributed by atoms with Crippen molar-refractivity contribution in [3.05, 3.63) is 243 Å². The zero-order chi connectivity index (χ0) is 50.7. The fourth-order valence-electron chi connectivity index (χ4n) is 13.0. The van der Waals surface area contributed by atoms with E-state index in [1.165, 1.54) is 84.1 Å². The molecule has 0 unspecified atom stereocenters. The van der Waals surface area contributed by atoms with Crippen LogP contribution in [-0.4, -0.2) is 9.13 Å². The average molecular weight is 1030 g/mol. The molecule has 362 valence electrons. The number of hydrogen-bond acceptors (Lipinski definition) is 4.